The lowest BCUT2D eigenvalue weighted by atomic mass is 9.95. The molecular weight excluding hydrogens is 260 g/mol. The molecule has 0 radical (unpaired) electrons. The molecule has 3 nitrogen and oxygen atoms in total. The lowest BCUT2D eigenvalue weighted by Crippen LogP contribution is -2.40. The number of carbonyl (C=O) groups excluding carboxylic acids is 1. The van der Waals surface area contributed by atoms with Crippen LogP contribution in [-0.4, -0.2) is 30.4 Å². The summed E-state index contributed by atoms with van der Waals surface area (Å²) in [5, 5.41) is 3.02. The van der Waals surface area contributed by atoms with Crippen LogP contribution in [0.4, 0.5) is 0 Å². The molecular formula is C18H28N2O. The highest BCUT2D eigenvalue weighted by Crippen LogP contribution is 2.20. The first-order chi connectivity index (χ1) is 10.1. The van der Waals surface area contributed by atoms with Crippen LogP contribution in [0, 0.1) is 19.8 Å². The molecule has 1 saturated heterocycles. The van der Waals surface area contributed by atoms with E-state index in [9.17, 15) is 4.79 Å². The van der Waals surface area contributed by atoms with Gasteiger partial charge in [-0.25, -0.2) is 0 Å². The third-order valence-electron chi connectivity index (χ3n) is 4.20. The molecule has 1 amide bonds. The van der Waals surface area contributed by atoms with Gasteiger partial charge in [0, 0.05) is 19.0 Å². The zero-order valence-electron chi connectivity index (χ0n) is 13.6. The number of piperidine rings is 1. The van der Waals surface area contributed by atoms with Crippen molar-refractivity contribution in [3.05, 3.63) is 34.9 Å². The van der Waals surface area contributed by atoms with Gasteiger partial charge in [0.25, 0.3) is 0 Å². The molecule has 1 heterocycles. The molecule has 1 aliphatic rings. The summed E-state index contributed by atoms with van der Waals surface area (Å²) in [6.07, 6.45) is 2.98. The molecule has 1 N–H and O–H groups in total. The van der Waals surface area contributed by atoms with Crippen molar-refractivity contribution in [3.63, 3.8) is 0 Å². The van der Waals surface area contributed by atoms with E-state index in [2.05, 4.69) is 49.2 Å². The van der Waals surface area contributed by atoms with Gasteiger partial charge in [-0.05, 0) is 51.8 Å². The molecule has 0 bridgehead atoms. The number of amides is 1. The molecule has 1 fully saturated rings. The smallest absolute Gasteiger partial charge is 0.223 e. The van der Waals surface area contributed by atoms with Gasteiger partial charge in [-0.15, -0.1) is 0 Å². The van der Waals surface area contributed by atoms with E-state index in [-0.39, 0.29) is 11.8 Å². The summed E-state index contributed by atoms with van der Waals surface area (Å²) in [5.41, 5.74) is 4.05. The molecule has 0 atom stereocenters. The van der Waals surface area contributed by atoms with E-state index in [4.69, 9.17) is 0 Å². The van der Waals surface area contributed by atoms with Crippen molar-refractivity contribution in [2.45, 2.75) is 46.6 Å². The van der Waals surface area contributed by atoms with Crippen LogP contribution in [0.25, 0.3) is 0 Å². The van der Waals surface area contributed by atoms with Crippen molar-refractivity contribution in [1.82, 2.24) is 10.2 Å². The number of nitrogens with one attached hydrogen (secondary N) is 1. The second-order valence-corrected chi connectivity index (χ2v) is 6.34. The second kappa shape index (κ2) is 7.60. The van der Waals surface area contributed by atoms with Crippen molar-refractivity contribution in [2.24, 2.45) is 5.92 Å². The molecule has 0 aliphatic carbocycles. The quantitative estimate of drug-likeness (QED) is 0.903. The number of carbonyl (C=O) groups is 1. The Bertz CT molecular complexity index is 456. The Hall–Kier alpha value is -1.35. The Balaban J connectivity index is 1.82. The molecule has 1 aromatic carbocycles. The van der Waals surface area contributed by atoms with E-state index >= 15 is 0 Å². The lowest BCUT2D eigenvalue weighted by molar-refractivity contribution is -0.126. The molecule has 0 aromatic heterocycles. The fourth-order valence-electron chi connectivity index (χ4n) is 3.16. The summed E-state index contributed by atoms with van der Waals surface area (Å²) in [6, 6.07) is 6.76. The van der Waals surface area contributed by atoms with Gasteiger partial charge < -0.3 is 5.32 Å². The van der Waals surface area contributed by atoms with Crippen molar-refractivity contribution in [2.75, 3.05) is 19.6 Å². The Kier molecular flexibility index (Phi) is 5.80. The number of nitrogens with zero attached hydrogens (tertiary/aromatic N) is 1. The minimum atomic E-state index is 0.215. The fourth-order valence-corrected chi connectivity index (χ4v) is 3.16. The Morgan fingerprint density at radius 3 is 2.38 bits per heavy atom. The van der Waals surface area contributed by atoms with Crippen LogP contribution < -0.4 is 5.32 Å². The second-order valence-electron chi connectivity index (χ2n) is 6.34. The van der Waals surface area contributed by atoms with Crippen LogP contribution in [-0.2, 0) is 11.3 Å². The third kappa shape index (κ3) is 4.85. The average Bonchev–Trinajstić information content (AvgIpc) is 2.44. The highest BCUT2D eigenvalue weighted by molar-refractivity contribution is 5.78. The summed E-state index contributed by atoms with van der Waals surface area (Å²) < 4.78 is 0. The molecule has 116 valence electrons. The summed E-state index contributed by atoms with van der Waals surface area (Å²) >= 11 is 0. The SMILES string of the molecule is CCCNC(=O)C1CCN(Cc2cc(C)cc(C)c2)CC1. The maximum atomic E-state index is 12.0. The summed E-state index contributed by atoms with van der Waals surface area (Å²) in [6.45, 7) is 10.3. The molecule has 0 unspecified atom stereocenters. The molecule has 2 rings (SSSR count). The predicted octanol–water partition coefficient (Wildman–Crippen LogP) is 3.04. The van der Waals surface area contributed by atoms with E-state index in [1.165, 1.54) is 16.7 Å². The number of rotatable bonds is 5. The molecule has 0 spiro atoms. The van der Waals surface area contributed by atoms with Gasteiger partial charge in [0.1, 0.15) is 0 Å². The summed E-state index contributed by atoms with van der Waals surface area (Å²) in [4.78, 5) is 14.5. The highest BCUT2D eigenvalue weighted by Gasteiger charge is 2.24. The monoisotopic (exact) mass is 288 g/mol. The maximum absolute atomic E-state index is 12.0. The number of benzene rings is 1. The first kappa shape index (κ1) is 16.0. The topological polar surface area (TPSA) is 32.3 Å². The number of likely N-dealkylation sites (tertiary alicyclic amines) is 1. The van der Waals surface area contributed by atoms with Gasteiger partial charge in [0.15, 0.2) is 0 Å². The van der Waals surface area contributed by atoms with E-state index in [0.717, 1.165) is 45.4 Å². The van der Waals surface area contributed by atoms with Crippen LogP contribution in [0.3, 0.4) is 0 Å². The van der Waals surface area contributed by atoms with E-state index in [0.29, 0.717) is 0 Å². The van der Waals surface area contributed by atoms with Crippen LogP contribution in [0.15, 0.2) is 18.2 Å². The first-order valence-corrected chi connectivity index (χ1v) is 8.15. The van der Waals surface area contributed by atoms with E-state index < -0.39 is 0 Å². The minimum Gasteiger partial charge on any atom is -0.356 e. The van der Waals surface area contributed by atoms with Crippen molar-refractivity contribution >= 4 is 5.91 Å². The number of aryl methyl sites for hydroxylation is 2. The number of hydrogen-bond donors (Lipinski definition) is 1. The van der Waals surface area contributed by atoms with E-state index in [1.54, 1.807) is 0 Å². The van der Waals surface area contributed by atoms with Crippen LogP contribution in [0.5, 0.6) is 0 Å². The van der Waals surface area contributed by atoms with Crippen molar-refractivity contribution in [1.29, 1.82) is 0 Å². The largest absolute Gasteiger partial charge is 0.356 e. The fraction of sp³-hybridized carbons (Fsp3) is 0.611. The summed E-state index contributed by atoms with van der Waals surface area (Å²) in [5.74, 6) is 0.468. The van der Waals surface area contributed by atoms with Crippen LogP contribution in [0.1, 0.15) is 42.9 Å². The van der Waals surface area contributed by atoms with E-state index in [1.807, 2.05) is 0 Å². The van der Waals surface area contributed by atoms with Gasteiger partial charge >= 0.3 is 0 Å². The standard InChI is InChI=1S/C18H28N2O/c1-4-7-19-18(21)17-5-8-20(9-6-17)13-16-11-14(2)10-15(3)12-16/h10-12,17H,4-9,13H2,1-3H3,(H,19,21). The van der Waals surface area contributed by atoms with Gasteiger partial charge in [-0.2, -0.15) is 0 Å². The first-order valence-electron chi connectivity index (χ1n) is 8.15. The molecule has 0 saturated carbocycles. The molecule has 21 heavy (non-hydrogen) atoms. The predicted molar refractivity (Wildman–Crippen MR) is 87.2 cm³/mol. The lowest BCUT2D eigenvalue weighted by Gasteiger charge is -2.31. The normalized spacial score (nSPS) is 16.9. The Morgan fingerprint density at radius 1 is 1.19 bits per heavy atom. The van der Waals surface area contributed by atoms with Crippen molar-refractivity contribution < 1.29 is 4.79 Å². The highest BCUT2D eigenvalue weighted by atomic mass is 16.1. The summed E-state index contributed by atoms with van der Waals surface area (Å²) in [7, 11) is 0. The molecule has 1 aliphatic heterocycles. The van der Waals surface area contributed by atoms with Gasteiger partial charge in [-0.3, -0.25) is 9.69 Å². The zero-order valence-corrected chi connectivity index (χ0v) is 13.6. The number of hydrogen-bond acceptors (Lipinski definition) is 2. The average molecular weight is 288 g/mol. The Morgan fingerprint density at radius 2 is 1.81 bits per heavy atom. The van der Waals surface area contributed by atoms with Crippen molar-refractivity contribution in [3.8, 4) is 0 Å². The van der Waals surface area contributed by atoms with Crippen LogP contribution in [0.2, 0.25) is 0 Å². The van der Waals surface area contributed by atoms with Crippen LogP contribution >= 0.6 is 0 Å². The van der Waals surface area contributed by atoms with Gasteiger partial charge in [0.05, 0.1) is 0 Å². The van der Waals surface area contributed by atoms with Gasteiger partial charge in [-0.1, -0.05) is 36.2 Å². The van der Waals surface area contributed by atoms with Gasteiger partial charge in [0.2, 0.25) is 5.91 Å². The Labute approximate surface area is 128 Å². The third-order valence-corrected chi connectivity index (χ3v) is 4.20. The molecule has 3 heteroatoms. The molecule has 1 aromatic rings. The maximum Gasteiger partial charge on any atom is 0.223 e. The minimum absolute atomic E-state index is 0.215. The zero-order chi connectivity index (χ0) is 15.2.